The van der Waals surface area contributed by atoms with Crippen LogP contribution in [0.25, 0.3) is 0 Å². The Hall–Kier alpha value is -2.37. The minimum absolute atomic E-state index is 0.00599. The first kappa shape index (κ1) is 20.7. The summed E-state index contributed by atoms with van der Waals surface area (Å²) in [5.41, 5.74) is 0.253. The standard InChI is InChI=1S/C19H27NO5/c1-5-24-17(22)12-11-16(21)15(13-14-9-7-6-8-10-14)20-18(23)25-19(2,3)4/h6-10,15H,5,11-13H2,1-4H3,(H,20,23). The number of rotatable bonds is 8. The van der Waals surface area contributed by atoms with Crippen molar-refractivity contribution in [3.8, 4) is 0 Å². The van der Waals surface area contributed by atoms with Crippen molar-refractivity contribution < 1.29 is 23.9 Å². The van der Waals surface area contributed by atoms with Gasteiger partial charge in [-0.2, -0.15) is 0 Å². The number of ether oxygens (including phenoxy) is 2. The van der Waals surface area contributed by atoms with Crippen LogP contribution in [0.15, 0.2) is 30.3 Å². The van der Waals surface area contributed by atoms with E-state index in [1.807, 2.05) is 30.3 Å². The van der Waals surface area contributed by atoms with Crippen LogP contribution in [0.2, 0.25) is 0 Å². The van der Waals surface area contributed by atoms with E-state index in [9.17, 15) is 14.4 Å². The molecule has 1 unspecified atom stereocenters. The van der Waals surface area contributed by atoms with Crippen LogP contribution in [0.3, 0.4) is 0 Å². The van der Waals surface area contributed by atoms with Crippen LogP contribution in [0.4, 0.5) is 4.79 Å². The molecule has 0 spiro atoms. The zero-order chi connectivity index (χ0) is 18.9. The second-order valence-electron chi connectivity index (χ2n) is 6.66. The number of hydrogen-bond acceptors (Lipinski definition) is 5. The SMILES string of the molecule is CCOC(=O)CCC(=O)C(Cc1ccccc1)NC(=O)OC(C)(C)C. The van der Waals surface area contributed by atoms with Gasteiger partial charge in [0.1, 0.15) is 5.60 Å². The van der Waals surface area contributed by atoms with Gasteiger partial charge in [0.25, 0.3) is 0 Å². The summed E-state index contributed by atoms with van der Waals surface area (Å²) in [6, 6.07) is 8.60. The van der Waals surface area contributed by atoms with Crippen molar-refractivity contribution in [1.29, 1.82) is 0 Å². The van der Waals surface area contributed by atoms with Crippen molar-refractivity contribution in [2.24, 2.45) is 0 Å². The van der Waals surface area contributed by atoms with Crippen molar-refractivity contribution in [2.75, 3.05) is 6.61 Å². The van der Waals surface area contributed by atoms with Gasteiger partial charge in [0.2, 0.25) is 0 Å². The summed E-state index contributed by atoms with van der Waals surface area (Å²) in [5, 5.41) is 2.61. The number of carbonyl (C=O) groups is 3. The minimum Gasteiger partial charge on any atom is -0.466 e. The monoisotopic (exact) mass is 349 g/mol. The van der Waals surface area contributed by atoms with Crippen LogP contribution in [-0.4, -0.2) is 36.1 Å². The molecule has 0 aromatic heterocycles. The predicted octanol–water partition coefficient (Wildman–Crippen LogP) is 3.03. The third-order valence-corrected chi connectivity index (χ3v) is 3.24. The Morgan fingerprint density at radius 2 is 1.72 bits per heavy atom. The number of hydrogen-bond donors (Lipinski definition) is 1. The first-order valence-electron chi connectivity index (χ1n) is 8.43. The quantitative estimate of drug-likeness (QED) is 0.730. The number of ketones is 1. The van der Waals surface area contributed by atoms with E-state index >= 15 is 0 Å². The number of benzene rings is 1. The highest BCUT2D eigenvalue weighted by atomic mass is 16.6. The molecule has 0 aliphatic heterocycles. The molecule has 0 bridgehead atoms. The molecule has 0 saturated heterocycles. The summed E-state index contributed by atoms with van der Waals surface area (Å²) < 4.78 is 10.1. The molecule has 0 heterocycles. The molecule has 0 radical (unpaired) electrons. The molecule has 1 aromatic rings. The zero-order valence-corrected chi connectivity index (χ0v) is 15.3. The molecule has 0 aliphatic rings. The lowest BCUT2D eigenvalue weighted by Crippen LogP contribution is -2.44. The highest BCUT2D eigenvalue weighted by Crippen LogP contribution is 2.10. The van der Waals surface area contributed by atoms with Gasteiger partial charge >= 0.3 is 12.1 Å². The molecule has 1 rings (SSSR count). The highest BCUT2D eigenvalue weighted by molar-refractivity contribution is 5.89. The fraction of sp³-hybridized carbons (Fsp3) is 0.526. The van der Waals surface area contributed by atoms with Gasteiger partial charge in [0.15, 0.2) is 5.78 Å². The van der Waals surface area contributed by atoms with E-state index in [0.29, 0.717) is 6.42 Å². The Balaban J connectivity index is 2.74. The lowest BCUT2D eigenvalue weighted by atomic mass is 10.00. The summed E-state index contributed by atoms with van der Waals surface area (Å²) in [6.07, 6.45) is -0.320. The van der Waals surface area contributed by atoms with Gasteiger partial charge in [-0.05, 0) is 39.7 Å². The maximum Gasteiger partial charge on any atom is 0.408 e. The van der Waals surface area contributed by atoms with Crippen molar-refractivity contribution in [1.82, 2.24) is 5.32 Å². The van der Waals surface area contributed by atoms with Gasteiger partial charge in [0.05, 0.1) is 19.1 Å². The summed E-state index contributed by atoms with van der Waals surface area (Å²) in [5.74, 6) is -0.658. The Bertz CT molecular complexity index is 577. The molecular weight excluding hydrogens is 322 g/mol. The summed E-state index contributed by atoms with van der Waals surface area (Å²) in [7, 11) is 0. The first-order valence-corrected chi connectivity index (χ1v) is 8.43. The second kappa shape index (κ2) is 9.81. The lowest BCUT2D eigenvalue weighted by molar-refractivity contribution is -0.144. The second-order valence-corrected chi connectivity index (χ2v) is 6.66. The molecule has 6 heteroatoms. The van der Waals surface area contributed by atoms with Crippen molar-refractivity contribution >= 4 is 17.8 Å². The van der Waals surface area contributed by atoms with Crippen LogP contribution < -0.4 is 5.32 Å². The lowest BCUT2D eigenvalue weighted by Gasteiger charge is -2.23. The van der Waals surface area contributed by atoms with Gasteiger partial charge in [-0.3, -0.25) is 9.59 Å². The molecule has 0 saturated carbocycles. The number of alkyl carbamates (subject to hydrolysis) is 1. The molecule has 1 N–H and O–H groups in total. The summed E-state index contributed by atoms with van der Waals surface area (Å²) in [6.45, 7) is 7.24. The smallest absolute Gasteiger partial charge is 0.408 e. The van der Waals surface area contributed by atoms with E-state index in [1.54, 1.807) is 27.7 Å². The first-order chi connectivity index (χ1) is 11.7. The van der Waals surface area contributed by atoms with Crippen LogP contribution in [0.5, 0.6) is 0 Å². The Kier molecular flexibility index (Phi) is 8.11. The van der Waals surface area contributed by atoms with Gasteiger partial charge in [-0.15, -0.1) is 0 Å². The molecule has 0 aliphatic carbocycles. The third-order valence-electron chi connectivity index (χ3n) is 3.24. The number of esters is 1. The molecule has 1 amide bonds. The van der Waals surface area contributed by atoms with Gasteiger partial charge in [-0.25, -0.2) is 4.79 Å². The minimum atomic E-state index is -0.758. The molecule has 6 nitrogen and oxygen atoms in total. The molecule has 25 heavy (non-hydrogen) atoms. The van der Waals surface area contributed by atoms with E-state index in [2.05, 4.69) is 5.32 Å². The molecular formula is C19H27NO5. The van der Waals surface area contributed by atoms with Crippen molar-refractivity contribution in [3.05, 3.63) is 35.9 Å². The van der Waals surface area contributed by atoms with E-state index in [-0.39, 0.29) is 25.2 Å². The maximum absolute atomic E-state index is 12.5. The molecule has 1 atom stereocenters. The fourth-order valence-electron chi connectivity index (χ4n) is 2.18. The third kappa shape index (κ3) is 8.88. The van der Waals surface area contributed by atoms with Gasteiger partial charge in [-0.1, -0.05) is 30.3 Å². The Morgan fingerprint density at radius 1 is 1.08 bits per heavy atom. The van der Waals surface area contributed by atoms with Crippen molar-refractivity contribution in [3.63, 3.8) is 0 Å². The Morgan fingerprint density at radius 3 is 2.28 bits per heavy atom. The largest absolute Gasteiger partial charge is 0.466 e. The normalized spacial score (nSPS) is 12.2. The number of Topliss-reactive ketones (excluding diaryl/α,β-unsaturated/α-hetero) is 1. The summed E-state index contributed by atoms with van der Waals surface area (Å²) >= 11 is 0. The topological polar surface area (TPSA) is 81.7 Å². The average molecular weight is 349 g/mol. The van der Waals surface area contributed by atoms with Crippen LogP contribution in [-0.2, 0) is 25.5 Å². The van der Waals surface area contributed by atoms with Crippen LogP contribution >= 0.6 is 0 Å². The Labute approximate surface area is 148 Å². The van der Waals surface area contributed by atoms with Gasteiger partial charge < -0.3 is 14.8 Å². The zero-order valence-electron chi connectivity index (χ0n) is 15.3. The number of nitrogens with one attached hydrogen (secondary N) is 1. The van der Waals surface area contributed by atoms with Gasteiger partial charge in [0, 0.05) is 6.42 Å². The summed E-state index contributed by atoms with van der Waals surface area (Å²) in [4.78, 5) is 36.0. The predicted molar refractivity (Wildman–Crippen MR) is 94.2 cm³/mol. The number of amides is 1. The highest BCUT2D eigenvalue weighted by Gasteiger charge is 2.25. The van der Waals surface area contributed by atoms with E-state index < -0.39 is 23.7 Å². The molecule has 138 valence electrons. The average Bonchev–Trinajstić information content (AvgIpc) is 2.51. The molecule has 0 fully saturated rings. The van der Waals surface area contributed by atoms with Crippen molar-refractivity contribution in [2.45, 2.75) is 58.6 Å². The fourth-order valence-corrected chi connectivity index (χ4v) is 2.18. The number of carbonyl (C=O) groups excluding carboxylic acids is 3. The van der Waals surface area contributed by atoms with Crippen LogP contribution in [0.1, 0.15) is 46.1 Å². The van der Waals surface area contributed by atoms with E-state index in [4.69, 9.17) is 9.47 Å². The van der Waals surface area contributed by atoms with Crippen LogP contribution in [0, 0.1) is 0 Å². The van der Waals surface area contributed by atoms with E-state index in [0.717, 1.165) is 5.56 Å². The maximum atomic E-state index is 12.5. The molecule has 1 aromatic carbocycles. The van der Waals surface area contributed by atoms with E-state index in [1.165, 1.54) is 0 Å².